The summed E-state index contributed by atoms with van der Waals surface area (Å²) in [5.41, 5.74) is 3.07. The van der Waals surface area contributed by atoms with Gasteiger partial charge in [0.2, 0.25) is 0 Å². The van der Waals surface area contributed by atoms with Crippen LogP contribution in [0.15, 0.2) is 120 Å². The molecule has 1 atom stereocenters. The molecule has 1 fully saturated rings. The molecule has 1 aliphatic rings. The van der Waals surface area contributed by atoms with Gasteiger partial charge in [-0.05, 0) is 54.3 Å². The summed E-state index contributed by atoms with van der Waals surface area (Å²) in [4.78, 5) is 15.7. The number of benzene rings is 4. The van der Waals surface area contributed by atoms with Gasteiger partial charge in [-0.3, -0.25) is 9.10 Å². The van der Waals surface area contributed by atoms with Gasteiger partial charge in [0.15, 0.2) is 0 Å². The van der Waals surface area contributed by atoms with Crippen LogP contribution < -0.4 is 4.31 Å². The van der Waals surface area contributed by atoms with Crippen LogP contribution in [-0.2, 0) is 16.6 Å². The minimum atomic E-state index is -3.86. The minimum absolute atomic E-state index is 0.0701. The summed E-state index contributed by atoms with van der Waals surface area (Å²) in [6.45, 7) is 1.51. The lowest BCUT2D eigenvalue weighted by Gasteiger charge is -2.33. The van der Waals surface area contributed by atoms with Crippen molar-refractivity contribution >= 4 is 21.6 Å². The fourth-order valence-corrected chi connectivity index (χ4v) is 6.39. The van der Waals surface area contributed by atoms with Crippen LogP contribution >= 0.6 is 0 Å². The van der Waals surface area contributed by atoms with Crippen LogP contribution in [0.2, 0.25) is 0 Å². The highest BCUT2D eigenvalue weighted by Gasteiger charge is 2.28. The maximum Gasteiger partial charge on any atom is 0.264 e. The van der Waals surface area contributed by atoms with Gasteiger partial charge in [-0.1, -0.05) is 84.9 Å². The highest BCUT2D eigenvalue weighted by molar-refractivity contribution is 7.92. The number of hydrogen-bond donors (Lipinski definition) is 0. The van der Waals surface area contributed by atoms with Crippen molar-refractivity contribution in [2.75, 3.05) is 17.4 Å². The van der Waals surface area contributed by atoms with E-state index in [-0.39, 0.29) is 17.3 Å². The quantitative estimate of drug-likeness (QED) is 0.302. The molecule has 188 valence electrons. The van der Waals surface area contributed by atoms with Crippen molar-refractivity contribution in [1.82, 2.24) is 4.90 Å². The standard InChI is InChI=1S/C31H30N2O3S/c34-31(32-21-11-17-28(24-32)26-14-6-2-7-15-26)27-16-10-18-29(22-27)33(23-25-12-4-1-5-13-25)37(35,36)30-19-8-3-9-20-30/h1-10,12-16,18-20,22,28H,11,17,21,23-24H2. The molecule has 1 heterocycles. The van der Waals surface area contributed by atoms with E-state index >= 15 is 0 Å². The van der Waals surface area contributed by atoms with Gasteiger partial charge in [-0.2, -0.15) is 0 Å². The number of piperidine rings is 1. The summed E-state index contributed by atoms with van der Waals surface area (Å²) >= 11 is 0. The first-order valence-electron chi connectivity index (χ1n) is 12.6. The number of sulfonamides is 1. The molecule has 0 spiro atoms. The average molecular weight is 511 g/mol. The second-order valence-electron chi connectivity index (χ2n) is 9.36. The Labute approximate surface area is 219 Å². The molecule has 5 rings (SSSR count). The van der Waals surface area contributed by atoms with Crippen molar-refractivity contribution in [2.24, 2.45) is 0 Å². The largest absolute Gasteiger partial charge is 0.338 e. The van der Waals surface area contributed by atoms with Gasteiger partial charge in [0.1, 0.15) is 0 Å². The van der Waals surface area contributed by atoms with Gasteiger partial charge in [-0.15, -0.1) is 0 Å². The Balaban J connectivity index is 1.45. The number of rotatable bonds is 7. The van der Waals surface area contributed by atoms with Crippen molar-refractivity contribution < 1.29 is 13.2 Å². The van der Waals surface area contributed by atoms with Crippen LogP contribution in [0.3, 0.4) is 0 Å². The fourth-order valence-electron chi connectivity index (χ4n) is 4.92. The molecule has 0 N–H and O–H groups in total. The van der Waals surface area contributed by atoms with E-state index < -0.39 is 10.0 Å². The van der Waals surface area contributed by atoms with E-state index in [2.05, 4.69) is 12.1 Å². The van der Waals surface area contributed by atoms with E-state index in [1.807, 2.05) is 53.4 Å². The third-order valence-electron chi connectivity index (χ3n) is 6.86. The zero-order valence-corrected chi connectivity index (χ0v) is 21.4. The molecule has 1 saturated heterocycles. The van der Waals surface area contributed by atoms with Gasteiger partial charge in [0.25, 0.3) is 15.9 Å². The Morgan fingerprint density at radius 3 is 2.16 bits per heavy atom. The van der Waals surface area contributed by atoms with Gasteiger partial charge in [0.05, 0.1) is 17.1 Å². The second-order valence-corrected chi connectivity index (χ2v) is 11.2. The lowest BCUT2D eigenvalue weighted by molar-refractivity contribution is 0.0707. The SMILES string of the molecule is O=C(c1cccc(N(Cc2ccccc2)S(=O)(=O)c2ccccc2)c1)N1CCCC(c2ccccc2)C1. The first-order chi connectivity index (χ1) is 18.0. The zero-order chi connectivity index (χ0) is 25.7. The third-order valence-corrected chi connectivity index (χ3v) is 8.65. The van der Waals surface area contributed by atoms with Crippen LogP contribution in [0.1, 0.15) is 40.2 Å². The summed E-state index contributed by atoms with van der Waals surface area (Å²) in [5, 5.41) is 0. The number of carbonyl (C=O) groups excluding carboxylic acids is 1. The molecule has 4 aromatic carbocycles. The number of anilines is 1. The summed E-state index contributed by atoms with van der Waals surface area (Å²) < 4.78 is 28.9. The predicted molar refractivity (Wildman–Crippen MR) is 147 cm³/mol. The van der Waals surface area contributed by atoms with Crippen molar-refractivity contribution in [1.29, 1.82) is 0 Å². The van der Waals surface area contributed by atoms with Gasteiger partial charge < -0.3 is 4.90 Å². The molecule has 6 heteroatoms. The lowest BCUT2D eigenvalue weighted by Crippen LogP contribution is -2.39. The topological polar surface area (TPSA) is 57.7 Å². The Bertz CT molecular complexity index is 1440. The summed E-state index contributed by atoms with van der Waals surface area (Å²) in [5.74, 6) is 0.231. The molecule has 5 nitrogen and oxygen atoms in total. The second kappa shape index (κ2) is 11.0. The molecular weight excluding hydrogens is 480 g/mol. The van der Waals surface area contributed by atoms with Gasteiger partial charge in [0, 0.05) is 24.6 Å². The maximum atomic E-state index is 13.8. The van der Waals surface area contributed by atoms with Crippen molar-refractivity contribution in [3.8, 4) is 0 Å². The fraction of sp³-hybridized carbons (Fsp3) is 0.194. The highest BCUT2D eigenvalue weighted by atomic mass is 32.2. The average Bonchev–Trinajstić information content (AvgIpc) is 2.97. The maximum absolute atomic E-state index is 13.8. The first-order valence-corrected chi connectivity index (χ1v) is 14.0. The molecule has 0 aliphatic carbocycles. The van der Waals surface area contributed by atoms with Crippen LogP contribution in [0.5, 0.6) is 0 Å². The molecular formula is C31H30N2O3S. The molecule has 0 saturated carbocycles. The Morgan fingerprint density at radius 1 is 0.811 bits per heavy atom. The van der Waals surface area contributed by atoms with Crippen LogP contribution in [0.25, 0.3) is 0 Å². The van der Waals surface area contributed by atoms with E-state index in [1.165, 1.54) is 9.87 Å². The third kappa shape index (κ3) is 5.59. The summed E-state index contributed by atoms with van der Waals surface area (Å²) in [7, 11) is -3.86. The minimum Gasteiger partial charge on any atom is -0.338 e. The molecule has 0 bridgehead atoms. The molecule has 37 heavy (non-hydrogen) atoms. The summed E-state index contributed by atoms with van der Waals surface area (Å²) in [6, 6.07) is 35.2. The molecule has 0 aromatic heterocycles. The Hall–Kier alpha value is -3.90. The van der Waals surface area contributed by atoms with E-state index in [4.69, 9.17) is 0 Å². The lowest BCUT2D eigenvalue weighted by atomic mass is 9.90. The number of likely N-dealkylation sites (tertiary alicyclic amines) is 1. The van der Waals surface area contributed by atoms with Crippen molar-refractivity contribution in [3.63, 3.8) is 0 Å². The normalized spacial score (nSPS) is 15.8. The molecule has 0 radical (unpaired) electrons. The predicted octanol–water partition coefficient (Wildman–Crippen LogP) is 6.10. The molecule has 1 unspecified atom stereocenters. The van der Waals surface area contributed by atoms with Gasteiger partial charge >= 0.3 is 0 Å². The molecule has 4 aromatic rings. The smallest absolute Gasteiger partial charge is 0.264 e. The highest BCUT2D eigenvalue weighted by Crippen LogP contribution is 2.30. The number of carbonyl (C=O) groups is 1. The molecule has 1 aliphatic heterocycles. The first kappa shape index (κ1) is 24.8. The summed E-state index contributed by atoms with van der Waals surface area (Å²) in [6.07, 6.45) is 1.99. The van der Waals surface area contributed by atoms with Crippen LogP contribution in [-0.4, -0.2) is 32.3 Å². The number of amides is 1. The Morgan fingerprint density at radius 2 is 1.46 bits per heavy atom. The number of nitrogens with zero attached hydrogens (tertiary/aromatic N) is 2. The van der Waals surface area contributed by atoms with Crippen LogP contribution in [0.4, 0.5) is 5.69 Å². The monoisotopic (exact) mass is 510 g/mol. The number of hydrogen-bond acceptors (Lipinski definition) is 3. The zero-order valence-electron chi connectivity index (χ0n) is 20.6. The van der Waals surface area contributed by atoms with E-state index in [1.54, 1.807) is 54.6 Å². The van der Waals surface area contributed by atoms with E-state index in [9.17, 15) is 13.2 Å². The van der Waals surface area contributed by atoms with E-state index in [0.717, 1.165) is 18.4 Å². The van der Waals surface area contributed by atoms with Gasteiger partial charge in [-0.25, -0.2) is 8.42 Å². The van der Waals surface area contributed by atoms with E-state index in [0.29, 0.717) is 30.3 Å². The molecule has 1 amide bonds. The Kier molecular flexibility index (Phi) is 7.37. The van der Waals surface area contributed by atoms with Crippen LogP contribution in [0, 0.1) is 0 Å². The van der Waals surface area contributed by atoms with Crippen molar-refractivity contribution in [2.45, 2.75) is 30.2 Å². The van der Waals surface area contributed by atoms with Crippen molar-refractivity contribution in [3.05, 3.63) is 132 Å².